The maximum Gasteiger partial charge on any atom is 0.230 e. The molecule has 1 aliphatic rings. The highest BCUT2D eigenvalue weighted by atomic mass is 35.5. The predicted molar refractivity (Wildman–Crippen MR) is 51.8 cm³/mol. The molecule has 0 spiro atoms. The molecule has 12 heavy (non-hydrogen) atoms. The van der Waals surface area contributed by atoms with Crippen LogP contribution in [-0.4, -0.2) is 9.58 Å². The van der Waals surface area contributed by atoms with Crippen molar-refractivity contribution >= 4 is 40.0 Å². The minimum Gasteiger partial charge on any atom is -0.281 e. The zero-order valence-electron chi connectivity index (χ0n) is 7.03. The average molecular weight is 230 g/mol. The molecule has 0 N–H and O–H groups in total. The largest absolute Gasteiger partial charge is 0.281 e. The number of hydrogen-bond donors (Lipinski definition) is 0. The molecule has 0 aromatic carbocycles. The van der Waals surface area contributed by atoms with Crippen LogP contribution < -0.4 is 0 Å². The average Bonchev–Trinajstić information content (AvgIpc) is 2.33. The molecule has 1 rings (SSSR count). The van der Waals surface area contributed by atoms with Gasteiger partial charge in [-0.2, -0.15) is 0 Å². The van der Waals surface area contributed by atoms with Crippen LogP contribution >= 0.6 is 34.8 Å². The zero-order chi connectivity index (χ0) is 9.57. The Hall–Kier alpha value is 0.540. The van der Waals surface area contributed by atoms with Gasteiger partial charge >= 0.3 is 0 Å². The Labute approximate surface area is 87.4 Å². The quantitative estimate of drug-likeness (QED) is 0.536. The maximum atomic E-state index is 11.1. The van der Waals surface area contributed by atoms with Crippen molar-refractivity contribution in [3.05, 3.63) is 0 Å². The maximum absolute atomic E-state index is 11.1. The normalized spacial score (nSPS) is 32.2. The molecule has 1 fully saturated rings. The summed E-state index contributed by atoms with van der Waals surface area (Å²) >= 11 is 17.2. The lowest BCUT2D eigenvalue weighted by Gasteiger charge is -2.15. The molecule has 0 bridgehead atoms. The monoisotopic (exact) mass is 228 g/mol. The Morgan fingerprint density at radius 2 is 1.92 bits per heavy atom. The number of alkyl halides is 2. The van der Waals surface area contributed by atoms with E-state index in [0.29, 0.717) is 18.8 Å². The highest BCUT2D eigenvalue weighted by Crippen LogP contribution is 2.67. The molecule has 0 amide bonds. The highest BCUT2D eigenvalue weighted by Gasteiger charge is 2.70. The third kappa shape index (κ3) is 1.59. The van der Waals surface area contributed by atoms with Crippen LogP contribution in [0.25, 0.3) is 0 Å². The van der Waals surface area contributed by atoms with Gasteiger partial charge in [0.05, 0.1) is 5.41 Å². The number of halogens is 3. The summed E-state index contributed by atoms with van der Waals surface area (Å²) < 4.78 is -0.921. The van der Waals surface area contributed by atoms with Crippen molar-refractivity contribution in [2.24, 2.45) is 11.3 Å². The summed E-state index contributed by atoms with van der Waals surface area (Å²) in [5.41, 5.74) is -0.675. The second-order valence-electron chi connectivity index (χ2n) is 3.84. The van der Waals surface area contributed by atoms with Gasteiger partial charge in [0.1, 0.15) is 4.33 Å². The first-order chi connectivity index (χ1) is 5.32. The van der Waals surface area contributed by atoms with Crippen LogP contribution in [0.3, 0.4) is 0 Å². The van der Waals surface area contributed by atoms with E-state index in [2.05, 4.69) is 0 Å². The van der Waals surface area contributed by atoms with Gasteiger partial charge in [0.25, 0.3) is 0 Å². The van der Waals surface area contributed by atoms with Crippen LogP contribution in [0, 0.1) is 11.3 Å². The molecule has 0 aromatic heterocycles. The van der Waals surface area contributed by atoms with Gasteiger partial charge < -0.3 is 0 Å². The summed E-state index contributed by atoms with van der Waals surface area (Å²) in [7, 11) is 0. The standard InChI is InChI=1S/C8H11Cl3O/c1-5(2)3-7(6(9)12)4-8(7,10)11/h5H,3-4H2,1-2H3. The Morgan fingerprint density at radius 3 is 2.00 bits per heavy atom. The number of carbonyl (C=O) groups excluding carboxylic acids is 1. The molecule has 0 heterocycles. The van der Waals surface area contributed by atoms with Crippen molar-refractivity contribution in [1.29, 1.82) is 0 Å². The summed E-state index contributed by atoms with van der Waals surface area (Å²) in [6.45, 7) is 4.04. The van der Waals surface area contributed by atoms with E-state index < -0.39 is 15.0 Å². The van der Waals surface area contributed by atoms with E-state index in [1.165, 1.54) is 0 Å². The first kappa shape index (κ1) is 10.6. The van der Waals surface area contributed by atoms with Crippen molar-refractivity contribution < 1.29 is 4.79 Å². The van der Waals surface area contributed by atoms with Gasteiger partial charge in [-0.3, -0.25) is 4.79 Å². The fourth-order valence-electron chi connectivity index (χ4n) is 1.55. The van der Waals surface area contributed by atoms with E-state index in [1.54, 1.807) is 0 Å². The minimum absolute atomic E-state index is 0.382. The van der Waals surface area contributed by atoms with Gasteiger partial charge in [-0.1, -0.05) is 13.8 Å². The topological polar surface area (TPSA) is 17.1 Å². The van der Waals surface area contributed by atoms with Crippen LogP contribution in [0.5, 0.6) is 0 Å². The van der Waals surface area contributed by atoms with E-state index in [9.17, 15) is 4.79 Å². The van der Waals surface area contributed by atoms with Gasteiger partial charge in [0.15, 0.2) is 0 Å². The lowest BCUT2D eigenvalue weighted by Crippen LogP contribution is -2.19. The predicted octanol–water partition coefficient (Wildman–Crippen LogP) is 3.36. The van der Waals surface area contributed by atoms with E-state index in [1.807, 2.05) is 13.8 Å². The van der Waals surface area contributed by atoms with Gasteiger partial charge in [-0.05, 0) is 30.4 Å². The Kier molecular flexibility index (Phi) is 2.69. The van der Waals surface area contributed by atoms with Crippen LogP contribution in [0.4, 0.5) is 0 Å². The first-order valence-corrected chi connectivity index (χ1v) is 5.03. The molecule has 0 radical (unpaired) electrons. The molecule has 1 unspecified atom stereocenters. The second-order valence-corrected chi connectivity index (χ2v) is 5.66. The van der Waals surface area contributed by atoms with Crippen LogP contribution in [-0.2, 0) is 4.79 Å². The molecule has 0 aliphatic heterocycles. The fraction of sp³-hybridized carbons (Fsp3) is 0.875. The van der Waals surface area contributed by atoms with Crippen LogP contribution in [0.15, 0.2) is 0 Å². The third-order valence-corrected chi connectivity index (χ3v) is 3.58. The number of hydrogen-bond acceptors (Lipinski definition) is 1. The van der Waals surface area contributed by atoms with Gasteiger partial charge in [-0.15, -0.1) is 23.2 Å². The SMILES string of the molecule is CC(C)CC1(C(=O)Cl)CC1(Cl)Cl. The molecule has 1 atom stereocenters. The summed E-state index contributed by atoms with van der Waals surface area (Å²) in [5, 5.41) is -0.402. The summed E-state index contributed by atoms with van der Waals surface area (Å²) in [6, 6.07) is 0. The smallest absolute Gasteiger partial charge is 0.230 e. The Balaban J connectivity index is 2.73. The summed E-state index contributed by atoms with van der Waals surface area (Å²) in [5.74, 6) is 0.382. The van der Waals surface area contributed by atoms with Crippen molar-refractivity contribution in [1.82, 2.24) is 0 Å². The summed E-state index contributed by atoms with van der Waals surface area (Å²) in [4.78, 5) is 11.1. The lowest BCUT2D eigenvalue weighted by atomic mass is 9.95. The Morgan fingerprint density at radius 1 is 1.50 bits per heavy atom. The van der Waals surface area contributed by atoms with E-state index >= 15 is 0 Å². The van der Waals surface area contributed by atoms with Crippen molar-refractivity contribution in [2.45, 2.75) is 31.0 Å². The van der Waals surface area contributed by atoms with E-state index in [0.717, 1.165) is 0 Å². The van der Waals surface area contributed by atoms with Crippen LogP contribution in [0.1, 0.15) is 26.7 Å². The van der Waals surface area contributed by atoms with Crippen molar-refractivity contribution in [3.63, 3.8) is 0 Å². The molecule has 0 aromatic rings. The summed E-state index contributed by atoms with van der Waals surface area (Å²) in [6.07, 6.45) is 1.16. The van der Waals surface area contributed by atoms with Crippen LogP contribution in [0.2, 0.25) is 0 Å². The molecule has 1 nitrogen and oxygen atoms in total. The Bertz CT molecular complexity index is 212. The molecule has 70 valence electrons. The van der Waals surface area contributed by atoms with Gasteiger partial charge in [0.2, 0.25) is 5.24 Å². The fourth-order valence-corrected chi connectivity index (χ4v) is 2.73. The highest BCUT2D eigenvalue weighted by molar-refractivity contribution is 6.68. The third-order valence-electron chi connectivity index (χ3n) is 2.23. The molecule has 0 saturated heterocycles. The first-order valence-electron chi connectivity index (χ1n) is 3.89. The lowest BCUT2D eigenvalue weighted by molar-refractivity contribution is -0.116. The van der Waals surface area contributed by atoms with Gasteiger partial charge in [0, 0.05) is 0 Å². The van der Waals surface area contributed by atoms with E-state index in [4.69, 9.17) is 34.8 Å². The van der Waals surface area contributed by atoms with Crippen molar-refractivity contribution in [3.8, 4) is 0 Å². The zero-order valence-corrected chi connectivity index (χ0v) is 9.30. The molecule has 1 saturated carbocycles. The molecule has 4 heteroatoms. The van der Waals surface area contributed by atoms with E-state index in [-0.39, 0.29) is 0 Å². The van der Waals surface area contributed by atoms with Gasteiger partial charge in [-0.25, -0.2) is 0 Å². The minimum atomic E-state index is -0.921. The molecule has 1 aliphatic carbocycles. The molecular weight excluding hydrogens is 218 g/mol. The molecular formula is C8H11Cl3O. The van der Waals surface area contributed by atoms with Crippen molar-refractivity contribution in [2.75, 3.05) is 0 Å². The second kappa shape index (κ2) is 3.04. The number of carbonyl (C=O) groups is 1. The number of rotatable bonds is 3.